The van der Waals surface area contributed by atoms with E-state index in [2.05, 4.69) is 31.4 Å². The summed E-state index contributed by atoms with van der Waals surface area (Å²) in [6.07, 6.45) is 1.31. The average Bonchev–Trinajstić information content (AvgIpc) is 3.43. The smallest absolute Gasteiger partial charge is 0.337 e. The van der Waals surface area contributed by atoms with E-state index in [0.717, 1.165) is 32.1 Å². The molecule has 1 saturated heterocycles. The first-order valence-corrected chi connectivity index (χ1v) is 11.4. The van der Waals surface area contributed by atoms with Crippen LogP contribution >= 0.6 is 15.9 Å². The second kappa shape index (κ2) is 8.87. The molecule has 1 N–H and O–H groups in total. The van der Waals surface area contributed by atoms with Crippen LogP contribution in [0.4, 0.5) is 18.9 Å². The number of likely N-dealkylation sites (tertiary alicyclic amines) is 1. The van der Waals surface area contributed by atoms with Gasteiger partial charge in [0.2, 0.25) is 5.91 Å². The van der Waals surface area contributed by atoms with Gasteiger partial charge in [-0.15, -0.1) is 0 Å². The lowest BCUT2D eigenvalue weighted by Crippen LogP contribution is -2.37. The number of rotatable bonds is 6. The first kappa shape index (κ1) is 22.8. The number of amides is 2. The molecule has 4 rings (SSSR count). The minimum Gasteiger partial charge on any atom is -0.337 e. The lowest BCUT2D eigenvalue weighted by Gasteiger charge is -2.27. The highest BCUT2D eigenvalue weighted by atomic mass is 79.9. The number of anilines is 1. The predicted octanol–water partition coefficient (Wildman–Crippen LogP) is 3.93. The van der Waals surface area contributed by atoms with Crippen molar-refractivity contribution >= 4 is 33.4 Å². The van der Waals surface area contributed by atoms with Crippen molar-refractivity contribution in [1.82, 2.24) is 24.5 Å². The number of alkyl halides is 3. The third-order valence-electron chi connectivity index (χ3n) is 5.77. The van der Waals surface area contributed by atoms with E-state index in [9.17, 15) is 22.8 Å². The maximum atomic E-state index is 13.3. The van der Waals surface area contributed by atoms with Gasteiger partial charge in [0.05, 0.1) is 28.6 Å². The molecule has 2 aromatic rings. The van der Waals surface area contributed by atoms with Crippen LogP contribution in [0.25, 0.3) is 0 Å². The summed E-state index contributed by atoms with van der Waals surface area (Å²) in [6, 6.07) is 0. The molecule has 2 amide bonds. The van der Waals surface area contributed by atoms with Gasteiger partial charge in [-0.1, -0.05) is 0 Å². The minimum absolute atomic E-state index is 0.00200. The van der Waals surface area contributed by atoms with Crippen molar-refractivity contribution in [2.45, 2.75) is 57.2 Å². The number of halogens is 4. The quantitative estimate of drug-likeness (QED) is 0.630. The highest BCUT2D eigenvalue weighted by Gasteiger charge is 2.41. The highest BCUT2D eigenvalue weighted by molar-refractivity contribution is 9.10. The number of carbonyl (C=O) groups is 2. The van der Waals surface area contributed by atoms with E-state index >= 15 is 0 Å². The summed E-state index contributed by atoms with van der Waals surface area (Å²) < 4.78 is 42.4. The van der Waals surface area contributed by atoms with Crippen LogP contribution in [0, 0.1) is 0 Å². The third-order valence-corrected chi connectivity index (χ3v) is 6.56. The van der Waals surface area contributed by atoms with Crippen molar-refractivity contribution in [3.63, 3.8) is 0 Å². The number of aromatic nitrogens is 4. The van der Waals surface area contributed by atoms with Crippen molar-refractivity contribution in [2.75, 3.05) is 18.4 Å². The van der Waals surface area contributed by atoms with Crippen LogP contribution < -0.4 is 5.32 Å². The topological polar surface area (TPSA) is 85.0 Å². The maximum absolute atomic E-state index is 13.3. The Morgan fingerprint density at radius 1 is 1.22 bits per heavy atom. The first-order chi connectivity index (χ1) is 15.2. The molecule has 0 atom stereocenters. The van der Waals surface area contributed by atoms with Crippen molar-refractivity contribution in [3.8, 4) is 0 Å². The number of nitrogens with one attached hydrogen (secondary N) is 1. The summed E-state index contributed by atoms with van der Waals surface area (Å²) in [6.45, 7) is 1.33. The second-order valence-corrected chi connectivity index (χ2v) is 9.02. The molecular formula is C20H24BrF3N6O2. The van der Waals surface area contributed by atoms with Gasteiger partial charge in [-0.2, -0.15) is 23.4 Å². The van der Waals surface area contributed by atoms with E-state index in [1.165, 1.54) is 15.6 Å². The molecule has 2 fully saturated rings. The van der Waals surface area contributed by atoms with E-state index in [0.29, 0.717) is 30.2 Å². The molecule has 1 saturated carbocycles. The Bertz CT molecular complexity index is 1020. The van der Waals surface area contributed by atoms with Gasteiger partial charge in [-0.3, -0.25) is 19.0 Å². The molecule has 2 aromatic heterocycles. The van der Waals surface area contributed by atoms with Crippen LogP contribution in [-0.4, -0.2) is 49.4 Å². The number of piperidine rings is 1. The monoisotopic (exact) mass is 516 g/mol. The fraction of sp³-hybridized carbons (Fsp3) is 0.600. The van der Waals surface area contributed by atoms with E-state index in [-0.39, 0.29) is 29.3 Å². The van der Waals surface area contributed by atoms with Crippen molar-refractivity contribution in [2.24, 2.45) is 7.05 Å². The predicted molar refractivity (Wildman–Crippen MR) is 113 cm³/mol. The van der Waals surface area contributed by atoms with Gasteiger partial charge >= 0.3 is 6.18 Å². The molecule has 2 aliphatic rings. The van der Waals surface area contributed by atoms with Gasteiger partial charge < -0.3 is 10.2 Å². The van der Waals surface area contributed by atoms with Crippen LogP contribution in [-0.2, 0) is 24.6 Å². The highest BCUT2D eigenvalue weighted by Crippen LogP contribution is 2.47. The molecule has 0 unspecified atom stereocenters. The standard InChI is InChI=1S/C20H24BrF3N6O2/c1-28-17(19(32)29-8-3-2-4-9-29)13(11-25-28)26-14(31)7-10-30-16(12-5-6-12)15(21)18(27-30)20(22,23)24/h11-12H,2-10H2,1H3,(H,26,31). The molecule has 0 aromatic carbocycles. The maximum Gasteiger partial charge on any atom is 0.436 e. The second-order valence-electron chi connectivity index (χ2n) is 8.22. The molecule has 174 valence electrons. The largest absolute Gasteiger partial charge is 0.436 e. The SMILES string of the molecule is Cn1ncc(NC(=O)CCn2nc(C(F)(F)F)c(Br)c2C2CC2)c1C(=O)N1CCCCC1. The third kappa shape index (κ3) is 4.69. The fourth-order valence-electron chi connectivity index (χ4n) is 4.00. The molecule has 0 radical (unpaired) electrons. The Labute approximate surface area is 191 Å². The number of nitrogens with zero attached hydrogens (tertiary/aromatic N) is 5. The summed E-state index contributed by atoms with van der Waals surface area (Å²) >= 11 is 3.05. The summed E-state index contributed by atoms with van der Waals surface area (Å²) in [5.74, 6) is -0.599. The Morgan fingerprint density at radius 2 is 1.91 bits per heavy atom. The zero-order chi connectivity index (χ0) is 23.0. The molecule has 8 nitrogen and oxygen atoms in total. The zero-order valence-corrected chi connectivity index (χ0v) is 19.2. The molecule has 32 heavy (non-hydrogen) atoms. The lowest BCUT2D eigenvalue weighted by molar-refractivity contribution is -0.142. The Balaban J connectivity index is 1.45. The van der Waals surface area contributed by atoms with Gasteiger partial charge in [0, 0.05) is 32.5 Å². The summed E-state index contributed by atoms with van der Waals surface area (Å²) in [4.78, 5) is 27.2. The van der Waals surface area contributed by atoms with Crippen molar-refractivity contribution in [1.29, 1.82) is 0 Å². The van der Waals surface area contributed by atoms with Crippen molar-refractivity contribution in [3.05, 3.63) is 27.8 Å². The summed E-state index contributed by atoms with van der Waals surface area (Å²) in [5, 5.41) is 10.5. The Kier molecular flexibility index (Phi) is 6.33. The number of hydrogen-bond donors (Lipinski definition) is 1. The normalized spacial score (nSPS) is 17.0. The van der Waals surface area contributed by atoms with Gasteiger partial charge in [0.1, 0.15) is 5.69 Å². The molecular weight excluding hydrogens is 493 g/mol. The number of aryl methyl sites for hydroxylation is 2. The van der Waals surface area contributed by atoms with Crippen LogP contribution in [0.3, 0.4) is 0 Å². The first-order valence-electron chi connectivity index (χ1n) is 10.6. The lowest BCUT2D eigenvalue weighted by atomic mass is 10.1. The number of carbonyl (C=O) groups excluding carboxylic acids is 2. The van der Waals surface area contributed by atoms with E-state index in [4.69, 9.17) is 0 Å². The minimum atomic E-state index is -4.57. The Morgan fingerprint density at radius 3 is 2.53 bits per heavy atom. The molecule has 3 heterocycles. The zero-order valence-electron chi connectivity index (χ0n) is 17.6. The van der Waals surface area contributed by atoms with Gasteiger partial charge in [-0.25, -0.2) is 0 Å². The van der Waals surface area contributed by atoms with Crippen molar-refractivity contribution < 1.29 is 22.8 Å². The molecule has 1 aliphatic heterocycles. The van der Waals surface area contributed by atoms with Crippen LogP contribution in [0.1, 0.15) is 66.3 Å². The summed E-state index contributed by atoms with van der Waals surface area (Å²) in [7, 11) is 1.63. The van der Waals surface area contributed by atoms with E-state index in [1.54, 1.807) is 11.9 Å². The fourth-order valence-corrected chi connectivity index (χ4v) is 4.83. The van der Waals surface area contributed by atoms with Gasteiger partial charge in [0.15, 0.2) is 5.69 Å². The van der Waals surface area contributed by atoms with Crippen LogP contribution in [0.2, 0.25) is 0 Å². The Hall–Kier alpha value is -2.37. The molecule has 0 spiro atoms. The molecule has 1 aliphatic carbocycles. The van der Waals surface area contributed by atoms with E-state index < -0.39 is 17.8 Å². The molecule has 0 bridgehead atoms. The average molecular weight is 517 g/mol. The van der Waals surface area contributed by atoms with E-state index in [1.807, 2.05) is 0 Å². The van der Waals surface area contributed by atoms with Crippen LogP contribution in [0.5, 0.6) is 0 Å². The summed E-state index contributed by atoms with van der Waals surface area (Å²) in [5.41, 5.74) is 0.0992. The van der Waals surface area contributed by atoms with Gasteiger partial charge in [-0.05, 0) is 48.0 Å². The van der Waals surface area contributed by atoms with Crippen LogP contribution in [0.15, 0.2) is 10.7 Å². The number of hydrogen-bond acceptors (Lipinski definition) is 4. The molecule has 12 heteroatoms. The van der Waals surface area contributed by atoms with Gasteiger partial charge in [0.25, 0.3) is 5.91 Å².